The van der Waals surface area contributed by atoms with Gasteiger partial charge in [0.05, 0.1) is 5.75 Å². The zero-order chi connectivity index (χ0) is 15.5. The van der Waals surface area contributed by atoms with Crippen molar-refractivity contribution in [2.24, 2.45) is 5.92 Å². The van der Waals surface area contributed by atoms with Crippen molar-refractivity contribution in [2.45, 2.75) is 50.7 Å². The molecule has 0 aromatic carbocycles. The predicted octanol–water partition coefficient (Wildman–Crippen LogP) is 2.12. The van der Waals surface area contributed by atoms with E-state index in [9.17, 15) is 21.6 Å². The Morgan fingerprint density at radius 3 is 2.24 bits per heavy atom. The van der Waals surface area contributed by atoms with Crippen LogP contribution >= 0.6 is 0 Å². The second-order valence-corrected chi connectivity index (χ2v) is 8.07. The lowest BCUT2D eigenvalue weighted by Crippen LogP contribution is -2.41. The molecule has 1 saturated carbocycles. The van der Waals surface area contributed by atoms with Crippen LogP contribution in [0.5, 0.6) is 0 Å². The summed E-state index contributed by atoms with van der Waals surface area (Å²) in [5.41, 5.74) is 0. The van der Waals surface area contributed by atoms with E-state index in [2.05, 4.69) is 5.32 Å². The molecule has 1 N–H and O–H groups in total. The highest BCUT2D eigenvalue weighted by Gasteiger charge is 2.38. The minimum atomic E-state index is -4.28. The molecule has 4 nitrogen and oxygen atoms in total. The maximum Gasteiger partial charge on any atom is 0.389 e. The molecule has 0 amide bonds. The van der Waals surface area contributed by atoms with Crippen LogP contribution in [0.1, 0.15) is 38.5 Å². The highest BCUT2D eigenvalue weighted by Crippen LogP contribution is 2.32. The van der Waals surface area contributed by atoms with Crippen LogP contribution < -0.4 is 5.32 Å². The quantitative estimate of drug-likeness (QED) is 0.779. The number of nitrogens with one attached hydrogen (secondary N) is 1. The standard InChI is InChI=1S/C13H23F3N2O2S/c14-13(15,16)6-1-9-21(19,20)18(12-2-3-12)10-11-4-7-17-8-5-11/h11-12,17H,1-10H2. The molecule has 0 atom stereocenters. The number of alkyl halides is 3. The van der Waals surface area contributed by atoms with Crippen molar-refractivity contribution in [3.05, 3.63) is 0 Å². The van der Waals surface area contributed by atoms with Crippen molar-refractivity contribution in [1.82, 2.24) is 9.62 Å². The Morgan fingerprint density at radius 1 is 1.10 bits per heavy atom. The van der Waals surface area contributed by atoms with Crippen molar-refractivity contribution in [3.8, 4) is 0 Å². The van der Waals surface area contributed by atoms with Gasteiger partial charge in [0, 0.05) is 19.0 Å². The highest BCUT2D eigenvalue weighted by atomic mass is 32.2. The monoisotopic (exact) mass is 328 g/mol. The van der Waals surface area contributed by atoms with Crippen LogP contribution in [-0.2, 0) is 10.0 Å². The van der Waals surface area contributed by atoms with Crippen LogP contribution in [0, 0.1) is 5.92 Å². The van der Waals surface area contributed by atoms with Crippen LogP contribution in [0.15, 0.2) is 0 Å². The Bertz CT molecular complexity index is 429. The van der Waals surface area contributed by atoms with Crippen LogP contribution in [-0.4, -0.2) is 50.3 Å². The van der Waals surface area contributed by atoms with Gasteiger partial charge in [-0.2, -0.15) is 17.5 Å². The molecule has 0 bridgehead atoms. The van der Waals surface area contributed by atoms with Gasteiger partial charge in [-0.1, -0.05) is 0 Å². The van der Waals surface area contributed by atoms with Gasteiger partial charge in [0.2, 0.25) is 10.0 Å². The molecule has 0 spiro atoms. The summed E-state index contributed by atoms with van der Waals surface area (Å²) in [6.45, 7) is 2.25. The molecule has 1 aliphatic heterocycles. The van der Waals surface area contributed by atoms with Gasteiger partial charge >= 0.3 is 6.18 Å². The Balaban J connectivity index is 1.89. The number of piperidine rings is 1. The molecule has 2 rings (SSSR count). The molecular weight excluding hydrogens is 305 g/mol. The van der Waals surface area contributed by atoms with E-state index in [1.165, 1.54) is 4.31 Å². The Morgan fingerprint density at radius 2 is 1.71 bits per heavy atom. The third kappa shape index (κ3) is 5.75. The largest absolute Gasteiger partial charge is 0.389 e. The highest BCUT2D eigenvalue weighted by molar-refractivity contribution is 7.89. The van der Waals surface area contributed by atoms with E-state index in [0.29, 0.717) is 12.5 Å². The van der Waals surface area contributed by atoms with Gasteiger partial charge in [-0.05, 0) is 51.1 Å². The van der Waals surface area contributed by atoms with Gasteiger partial charge in [-0.25, -0.2) is 8.42 Å². The maximum atomic E-state index is 12.3. The minimum Gasteiger partial charge on any atom is -0.317 e. The van der Waals surface area contributed by atoms with E-state index >= 15 is 0 Å². The second-order valence-electron chi connectivity index (χ2n) is 6.03. The molecular formula is C13H23F3N2O2S. The van der Waals surface area contributed by atoms with E-state index in [0.717, 1.165) is 38.8 Å². The summed E-state index contributed by atoms with van der Waals surface area (Å²) in [6.07, 6.45) is -2.12. The van der Waals surface area contributed by atoms with Gasteiger partial charge in [0.15, 0.2) is 0 Å². The summed E-state index contributed by atoms with van der Waals surface area (Å²) in [6, 6.07) is 0.0239. The fourth-order valence-electron chi connectivity index (χ4n) is 2.74. The van der Waals surface area contributed by atoms with Crippen molar-refractivity contribution in [2.75, 3.05) is 25.4 Å². The third-order valence-corrected chi connectivity index (χ3v) is 6.04. The van der Waals surface area contributed by atoms with Gasteiger partial charge in [-0.3, -0.25) is 0 Å². The molecule has 1 saturated heterocycles. The predicted molar refractivity (Wildman–Crippen MR) is 74.4 cm³/mol. The van der Waals surface area contributed by atoms with E-state index in [1.807, 2.05) is 0 Å². The first-order valence-electron chi connectivity index (χ1n) is 7.55. The van der Waals surface area contributed by atoms with Gasteiger partial charge in [0.1, 0.15) is 0 Å². The summed E-state index contributed by atoms with van der Waals surface area (Å²) >= 11 is 0. The average molecular weight is 328 g/mol. The summed E-state index contributed by atoms with van der Waals surface area (Å²) in [7, 11) is -3.57. The second kappa shape index (κ2) is 6.83. The van der Waals surface area contributed by atoms with Crippen LogP contribution in [0.25, 0.3) is 0 Å². The number of nitrogens with zero attached hydrogens (tertiary/aromatic N) is 1. The lowest BCUT2D eigenvalue weighted by atomic mass is 9.98. The number of rotatable bonds is 7. The smallest absolute Gasteiger partial charge is 0.317 e. The number of sulfonamides is 1. The Labute approximate surface area is 124 Å². The number of hydrogen-bond acceptors (Lipinski definition) is 3. The Kier molecular flexibility index (Phi) is 5.54. The normalized spacial score (nSPS) is 21.9. The van der Waals surface area contributed by atoms with E-state index in [-0.39, 0.29) is 12.5 Å². The third-order valence-electron chi connectivity index (χ3n) is 4.07. The fraction of sp³-hybridized carbons (Fsp3) is 1.00. The molecule has 1 aliphatic carbocycles. The van der Waals surface area contributed by atoms with Crippen molar-refractivity contribution >= 4 is 10.0 Å². The zero-order valence-electron chi connectivity index (χ0n) is 12.0. The summed E-state index contributed by atoms with van der Waals surface area (Å²) in [5.74, 6) is -0.0715. The van der Waals surface area contributed by atoms with Crippen molar-refractivity contribution < 1.29 is 21.6 Å². The topological polar surface area (TPSA) is 49.4 Å². The summed E-state index contributed by atoms with van der Waals surface area (Å²) < 4.78 is 62.6. The first-order valence-corrected chi connectivity index (χ1v) is 9.16. The zero-order valence-corrected chi connectivity index (χ0v) is 12.8. The number of halogens is 3. The van der Waals surface area contributed by atoms with Crippen LogP contribution in [0.4, 0.5) is 13.2 Å². The van der Waals surface area contributed by atoms with Crippen LogP contribution in [0.3, 0.4) is 0 Å². The molecule has 124 valence electrons. The summed E-state index contributed by atoms with van der Waals surface area (Å²) in [4.78, 5) is 0. The molecule has 2 aliphatic rings. The van der Waals surface area contributed by atoms with Crippen molar-refractivity contribution in [1.29, 1.82) is 0 Å². The lowest BCUT2D eigenvalue weighted by molar-refractivity contribution is -0.134. The summed E-state index contributed by atoms with van der Waals surface area (Å²) in [5, 5.41) is 3.23. The molecule has 2 fully saturated rings. The first-order chi connectivity index (χ1) is 9.78. The average Bonchev–Trinajstić information content (AvgIpc) is 3.19. The van der Waals surface area contributed by atoms with E-state index < -0.39 is 28.4 Å². The van der Waals surface area contributed by atoms with Gasteiger partial charge < -0.3 is 5.32 Å². The van der Waals surface area contributed by atoms with E-state index in [4.69, 9.17) is 0 Å². The molecule has 0 aromatic rings. The molecule has 8 heteroatoms. The van der Waals surface area contributed by atoms with Crippen LogP contribution in [0.2, 0.25) is 0 Å². The molecule has 0 radical (unpaired) electrons. The minimum absolute atomic E-state index is 0.0239. The number of hydrogen-bond donors (Lipinski definition) is 1. The fourth-order valence-corrected chi connectivity index (χ4v) is 4.59. The Hall–Kier alpha value is -0.340. The SMILES string of the molecule is O=S(=O)(CCCC(F)(F)F)N(CC1CCNCC1)C1CC1. The molecule has 1 heterocycles. The maximum absolute atomic E-state index is 12.3. The molecule has 21 heavy (non-hydrogen) atoms. The molecule has 0 aromatic heterocycles. The molecule has 0 unspecified atom stereocenters. The van der Waals surface area contributed by atoms with E-state index in [1.54, 1.807) is 0 Å². The van der Waals surface area contributed by atoms with Crippen molar-refractivity contribution in [3.63, 3.8) is 0 Å². The van der Waals surface area contributed by atoms with Gasteiger partial charge in [0.25, 0.3) is 0 Å². The first kappa shape index (κ1) is 17.0. The lowest BCUT2D eigenvalue weighted by Gasteiger charge is -2.29. The van der Waals surface area contributed by atoms with Gasteiger partial charge in [-0.15, -0.1) is 0 Å².